The molecule has 0 saturated carbocycles. The number of aromatic nitrogens is 1. The third kappa shape index (κ3) is 4.55. The molecular weight excluding hydrogens is 285 g/mol. The van der Waals surface area contributed by atoms with Gasteiger partial charge < -0.3 is 5.11 Å². The summed E-state index contributed by atoms with van der Waals surface area (Å²) in [6.45, 7) is 0. The van der Waals surface area contributed by atoms with Gasteiger partial charge >= 0.3 is 6.09 Å². The van der Waals surface area contributed by atoms with Crippen molar-refractivity contribution in [1.82, 2.24) is 4.57 Å². The summed E-state index contributed by atoms with van der Waals surface area (Å²) in [5, 5.41) is 8.88. The van der Waals surface area contributed by atoms with E-state index in [1.165, 1.54) is 24.4 Å². The lowest BCUT2D eigenvalue weighted by Crippen LogP contribution is -2.24. The number of hydrogen-bond donors (Lipinski definition) is 1. The summed E-state index contributed by atoms with van der Waals surface area (Å²) < 4.78 is 13.5. The number of rotatable bonds is 6. The molecule has 4 nitrogen and oxygen atoms in total. The molecule has 0 saturated heterocycles. The molecule has 0 fully saturated rings. The summed E-state index contributed by atoms with van der Waals surface area (Å²) in [7, 11) is 0. The van der Waals surface area contributed by atoms with E-state index in [-0.39, 0.29) is 5.82 Å². The van der Waals surface area contributed by atoms with Crippen LogP contribution in [0.4, 0.5) is 9.18 Å². The fourth-order valence-electron chi connectivity index (χ4n) is 2.31. The first kappa shape index (κ1) is 15.9. The van der Waals surface area contributed by atoms with E-state index in [2.05, 4.69) is 0 Å². The Morgan fingerprint density at radius 2 is 1.55 bits per heavy atom. The summed E-state index contributed by atoms with van der Waals surface area (Å²) in [5.74, 6) is -0.225. The Kier molecular flexibility index (Phi) is 5.47. The fraction of sp³-hybridized carbons (Fsp3) is 0.294. The third-order valence-corrected chi connectivity index (χ3v) is 3.52. The van der Waals surface area contributed by atoms with Crippen LogP contribution in [0.2, 0.25) is 0 Å². The Labute approximate surface area is 127 Å². The second-order valence-electron chi connectivity index (χ2n) is 5.22. The first-order valence-electron chi connectivity index (χ1n) is 7.25. The van der Waals surface area contributed by atoms with Crippen LogP contribution in [0, 0.1) is 5.82 Å². The average molecular weight is 303 g/mol. The molecule has 0 aliphatic rings. The molecule has 0 spiro atoms. The largest absolute Gasteiger partial charge is 0.464 e. The van der Waals surface area contributed by atoms with Gasteiger partial charge in [0.25, 0.3) is 5.56 Å². The number of hydrogen-bond acceptors (Lipinski definition) is 2. The molecule has 0 aliphatic heterocycles. The van der Waals surface area contributed by atoms with Gasteiger partial charge in [-0.1, -0.05) is 24.6 Å². The molecular formula is C17H18FNO3. The molecule has 1 aromatic heterocycles. The van der Waals surface area contributed by atoms with Crippen LogP contribution in [-0.2, 0) is 12.8 Å². The zero-order chi connectivity index (χ0) is 15.9. The highest BCUT2D eigenvalue weighted by Crippen LogP contribution is 2.10. The van der Waals surface area contributed by atoms with E-state index in [9.17, 15) is 14.0 Å². The second kappa shape index (κ2) is 7.54. The zero-order valence-electron chi connectivity index (χ0n) is 12.2. The summed E-state index contributed by atoms with van der Waals surface area (Å²) >= 11 is 0. The van der Waals surface area contributed by atoms with E-state index in [1.54, 1.807) is 18.2 Å². The Morgan fingerprint density at radius 3 is 2.18 bits per heavy atom. The van der Waals surface area contributed by atoms with Crippen molar-refractivity contribution < 1.29 is 14.3 Å². The van der Waals surface area contributed by atoms with Crippen molar-refractivity contribution in [3.8, 4) is 0 Å². The van der Waals surface area contributed by atoms with Gasteiger partial charge in [-0.05, 0) is 48.9 Å². The molecule has 22 heavy (non-hydrogen) atoms. The molecule has 1 aromatic carbocycles. The van der Waals surface area contributed by atoms with Gasteiger partial charge in [-0.15, -0.1) is 0 Å². The van der Waals surface area contributed by atoms with Crippen LogP contribution in [0.15, 0.2) is 47.4 Å². The number of benzene rings is 1. The summed E-state index contributed by atoms with van der Waals surface area (Å²) in [6.07, 6.45) is 4.65. The van der Waals surface area contributed by atoms with Crippen molar-refractivity contribution in [2.24, 2.45) is 0 Å². The number of pyridine rings is 1. The number of carboxylic acid groups (broad SMARTS) is 1. The van der Waals surface area contributed by atoms with E-state index in [0.717, 1.165) is 43.2 Å². The number of aryl methyl sites for hydroxylation is 2. The number of halogens is 1. The molecule has 1 heterocycles. The topological polar surface area (TPSA) is 59.3 Å². The van der Waals surface area contributed by atoms with Crippen LogP contribution >= 0.6 is 0 Å². The highest BCUT2D eigenvalue weighted by atomic mass is 19.1. The van der Waals surface area contributed by atoms with Gasteiger partial charge in [0.05, 0.1) is 0 Å². The van der Waals surface area contributed by atoms with E-state index >= 15 is 0 Å². The van der Waals surface area contributed by atoms with E-state index in [0.29, 0.717) is 4.57 Å². The molecule has 0 radical (unpaired) electrons. The van der Waals surface area contributed by atoms with Gasteiger partial charge in [-0.25, -0.2) is 13.8 Å². The van der Waals surface area contributed by atoms with E-state index in [4.69, 9.17) is 5.11 Å². The Balaban J connectivity index is 1.77. The quantitative estimate of drug-likeness (QED) is 0.831. The van der Waals surface area contributed by atoms with E-state index < -0.39 is 11.7 Å². The van der Waals surface area contributed by atoms with Gasteiger partial charge in [0.15, 0.2) is 0 Å². The molecule has 0 amide bonds. The Morgan fingerprint density at radius 1 is 0.955 bits per heavy atom. The second-order valence-corrected chi connectivity index (χ2v) is 5.22. The Bertz CT molecular complexity index is 692. The number of nitrogens with zero attached hydrogens (tertiary/aromatic N) is 1. The first-order valence-corrected chi connectivity index (χ1v) is 7.25. The lowest BCUT2D eigenvalue weighted by atomic mass is 10.0. The van der Waals surface area contributed by atoms with E-state index in [1.807, 2.05) is 0 Å². The molecule has 0 bridgehead atoms. The van der Waals surface area contributed by atoms with Gasteiger partial charge in [-0.2, -0.15) is 0 Å². The smallest absolute Gasteiger partial charge is 0.418 e. The van der Waals surface area contributed by atoms with Crippen molar-refractivity contribution in [3.05, 3.63) is 69.9 Å². The maximum atomic E-state index is 12.8. The summed E-state index contributed by atoms with van der Waals surface area (Å²) in [5.41, 5.74) is 1.41. The van der Waals surface area contributed by atoms with Crippen molar-refractivity contribution in [3.63, 3.8) is 0 Å². The molecule has 0 aliphatic carbocycles. The monoisotopic (exact) mass is 303 g/mol. The number of carbonyl (C=O) groups is 1. The number of unbranched alkanes of at least 4 members (excludes halogenated alkanes) is 2. The molecule has 2 aromatic rings. The zero-order valence-corrected chi connectivity index (χ0v) is 12.2. The molecule has 116 valence electrons. The van der Waals surface area contributed by atoms with Crippen LogP contribution in [0.5, 0.6) is 0 Å². The van der Waals surface area contributed by atoms with Gasteiger partial charge in [0, 0.05) is 12.3 Å². The van der Waals surface area contributed by atoms with Gasteiger partial charge in [0.2, 0.25) is 0 Å². The van der Waals surface area contributed by atoms with Crippen LogP contribution < -0.4 is 5.56 Å². The molecule has 1 N–H and O–H groups in total. The minimum Gasteiger partial charge on any atom is -0.464 e. The normalized spacial score (nSPS) is 10.6. The summed E-state index contributed by atoms with van der Waals surface area (Å²) in [6, 6.07) is 9.45. The predicted octanol–water partition coefficient (Wildman–Crippen LogP) is 3.47. The first-order chi connectivity index (χ1) is 10.6. The van der Waals surface area contributed by atoms with Crippen molar-refractivity contribution in [2.45, 2.75) is 32.1 Å². The highest BCUT2D eigenvalue weighted by Gasteiger charge is 2.04. The van der Waals surface area contributed by atoms with Gasteiger partial charge in [-0.3, -0.25) is 4.79 Å². The van der Waals surface area contributed by atoms with Crippen LogP contribution in [-0.4, -0.2) is 15.8 Å². The lowest BCUT2D eigenvalue weighted by molar-refractivity contribution is 0.195. The third-order valence-electron chi connectivity index (χ3n) is 3.52. The van der Waals surface area contributed by atoms with Crippen molar-refractivity contribution in [2.75, 3.05) is 0 Å². The Hall–Kier alpha value is -2.43. The highest BCUT2D eigenvalue weighted by molar-refractivity contribution is 5.67. The molecule has 2 rings (SSSR count). The fourth-order valence-corrected chi connectivity index (χ4v) is 2.31. The maximum Gasteiger partial charge on any atom is 0.418 e. The summed E-state index contributed by atoms with van der Waals surface area (Å²) in [4.78, 5) is 22.2. The van der Waals surface area contributed by atoms with Crippen LogP contribution in [0.3, 0.4) is 0 Å². The van der Waals surface area contributed by atoms with Crippen LogP contribution in [0.1, 0.15) is 30.4 Å². The average Bonchev–Trinajstić information content (AvgIpc) is 2.50. The molecule has 0 unspecified atom stereocenters. The SMILES string of the molecule is O=C(O)n1cc(CCCCCc2ccc(F)cc2)ccc1=O. The van der Waals surface area contributed by atoms with Crippen molar-refractivity contribution in [1.29, 1.82) is 0 Å². The lowest BCUT2D eigenvalue weighted by Gasteiger charge is -2.05. The van der Waals surface area contributed by atoms with Crippen LogP contribution in [0.25, 0.3) is 0 Å². The predicted molar refractivity (Wildman–Crippen MR) is 81.8 cm³/mol. The minimum absolute atomic E-state index is 0.225. The van der Waals surface area contributed by atoms with Gasteiger partial charge in [0.1, 0.15) is 5.82 Å². The standard InChI is InChI=1S/C17H18FNO3/c18-15-9-6-13(7-10-15)4-2-1-3-5-14-8-11-16(20)19(12-14)17(21)22/h6-12H,1-5H2,(H,21,22). The molecule has 0 atom stereocenters. The molecule has 5 heteroatoms. The van der Waals surface area contributed by atoms with Crippen molar-refractivity contribution >= 4 is 6.09 Å². The maximum absolute atomic E-state index is 12.8. The minimum atomic E-state index is -1.26.